The lowest BCUT2D eigenvalue weighted by Crippen LogP contribution is -1.96. The molecule has 0 aliphatic heterocycles. The fraction of sp³-hybridized carbons (Fsp3) is 0.200. The van der Waals surface area contributed by atoms with Crippen LogP contribution in [0.4, 0.5) is 0 Å². The van der Waals surface area contributed by atoms with Crippen molar-refractivity contribution in [1.82, 2.24) is 15.0 Å². The van der Waals surface area contributed by atoms with Gasteiger partial charge in [0.05, 0.1) is 24.7 Å². The van der Waals surface area contributed by atoms with Crippen molar-refractivity contribution in [2.45, 2.75) is 6.92 Å². The Morgan fingerprint density at radius 3 is 2.93 bits per heavy atom. The molecule has 0 aliphatic rings. The number of nitrogens with zero attached hydrogens (tertiary/aromatic N) is 2. The van der Waals surface area contributed by atoms with Gasteiger partial charge >= 0.3 is 0 Å². The summed E-state index contributed by atoms with van der Waals surface area (Å²) in [4.78, 5) is 11.6. The third-order valence-electron chi connectivity index (χ3n) is 1.91. The van der Waals surface area contributed by atoms with Gasteiger partial charge in [0, 0.05) is 6.20 Å². The lowest BCUT2D eigenvalue weighted by molar-refractivity contribution is 0.397. The van der Waals surface area contributed by atoms with E-state index >= 15 is 0 Å². The zero-order valence-corrected chi connectivity index (χ0v) is 8.11. The van der Waals surface area contributed by atoms with Crippen LogP contribution >= 0.6 is 0 Å². The number of hydrogen-bond donors (Lipinski definition) is 1. The van der Waals surface area contributed by atoms with E-state index in [0.29, 0.717) is 5.88 Å². The smallest absolute Gasteiger partial charge is 0.241 e. The zero-order valence-electron chi connectivity index (χ0n) is 8.11. The summed E-state index contributed by atoms with van der Waals surface area (Å²) >= 11 is 0. The maximum atomic E-state index is 5.13. The number of rotatable bonds is 2. The molecule has 0 saturated carbocycles. The maximum absolute atomic E-state index is 5.13. The van der Waals surface area contributed by atoms with Gasteiger partial charge in [-0.3, -0.25) is 0 Å². The summed E-state index contributed by atoms with van der Waals surface area (Å²) in [5.74, 6) is 0.540. The molecule has 0 radical (unpaired) electrons. The van der Waals surface area contributed by atoms with Crippen molar-refractivity contribution in [2.75, 3.05) is 7.11 Å². The van der Waals surface area contributed by atoms with Crippen molar-refractivity contribution in [2.24, 2.45) is 0 Å². The van der Waals surface area contributed by atoms with Gasteiger partial charge in [-0.2, -0.15) is 0 Å². The molecule has 2 heterocycles. The van der Waals surface area contributed by atoms with Crippen molar-refractivity contribution in [1.29, 1.82) is 0 Å². The van der Waals surface area contributed by atoms with Crippen LogP contribution in [0.1, 0.15) is 5.69 Å². The minimum absolute atomic E-state index is 0.540. The first-order valence-corrected chi connectivity index (χ1v) is 4.32. The molecule has 0 amide bonds. The topological polar surface area (TPSA) is 50.8 Å². The van der Waals surface area contributed by atoms with Gasteiger partial charge in [-0.25, -0.2) is 9.97 Å². The minimum Gasteiger partial charge on any atom is -0.479 e. The van der Waals surface area contributed by atoms with Crippen LogP contribution in [0, 0.1) is 6.92 Å². The van der Waals surface area contributed by atoms with Crippen LogP contribution in [0.2, 0.25) is 0 Å². The fourth-order valence-electron chi connectivity index (χ4n) is 1.27. The number of ether oxygens (including phenoxy) is 1. The molecule has 0 spiro atoms. The van der Waals surface area contributed by atoms with Gasteiger partial charge in [-0.05, 0) is 19.1 Å². The highest BCUT2D eigenvalue weighted by Gasteiger charge is 2.09. The predicted octanol–water partition coefficient (Wildman–Crippen LogP) is 1.79. The Kier molecular flexibility index (Phi) is 2.18. The molecule has 0 aromatic carbocycles. The predicted molar refractivity (Wildman–Crippen MR) is 53.1 cm³/mol. The largest absolute Gasteiger partial charge is 0.479 e. The van der Waals surface area contributed by atoms with E-state index in [1.807, 2.05) is 25.3 Å². The number of nitrogens with one attached hydrogen (secondary N) is 1. The Morgan fingerprint density at radius 1 is 1.43 bits per heavy atom. The second-order valence-corrected chi connectivity index (χ2v) is 2.95. The molecule has 14 heavy (non-hydrogen) atoms. The summed E-state index contributed by atoms with van der Waals surface area (Å²) in [7, 11) is 1.59. The Labute approximate surface area is 82.0 Å². The van der Waals surface area contributed by atoms with Crippen molar-refractivity contribution in [3.63, 3.8) is 0 Å². The molecule has 0 fully saturated rings. The van der Waals surface area contributed by atoms with Gasteiger partial charge in [-0.15, -0.1) is 0 Å². The molecule has 2 aromatic rings. The molecule has 0 unspecified atom stereocenters. The summed E-state index contributed by atoms with van der Waals surface area (Å²) in [6.07, 6.45) is 3.53. The summed E-state index contributed by atoms with van der Waals surface area (Å²) in [5.41, 5.74) is 2.53. The monoisotopic (exact) mass is 189 g/mol. The third-order valence-corrected chi connectivity index (χ3v) is 1.91. The summed E-state index contributed by atoms with van der Waals surface area (Å²) in [6.45, 7) is 1.90. The van der Waals surface area contributed by atoms with Gasteiger partial charge < -0.3 is 9.72 Å². The van der Waals surface area contributed by atoms with Crippen LogP contribution in [0.5, 0.6) is 5.88 Å². The number of H-pyrrole nitrogens is 1. The van der Waals surface area contributed by atoms with E-state index in [-0.39, 0.29) is 0 Å². The summed E-state index contributed by atoms with van der Waals surface area (Å²) < 4.78 is 5.13. The number of aryl methyl sites for hydroxylation is 1. The van der Waals surface area contributed by atoms with Crippen LogP contribution < -0.4 is 4.74 Å². The van der Waals surface area contributed by atoms with Crippen molar-refractivity contribution < 1.29 is 4.74 Å². The van der Waals surface area contributed by atoms with E-state index in [9.17, 15) is 0 Å². The van der Waals surface area contributed by atoms with E-state index in [2.05, 4.69) is 15.0 Å². The third kappa shape index (κ3) is 1.46. The molecule has 0 bridgehead atoms. The van der Waals surface area contributed by atoms with Crippen LogP contribution in [0.15, 0.2) is 24.5 Å². The number of hydrogen-bond acceptors (Lipinski definition) is 3. The van der Waals surface area contributed by atoms with Crippen molar-refractivity contribution in [3.8, 4) is 17.3 Å². The van der Waals surface area contributed by atoms with Crippen molar-refractivity contribution >= 4 is 0 Å². The number of methoxy groups -OCH3 is 1. The van der Waals surface area contributed by atoms with E-state index < -0.39 is 0 Å². The van der Waals surface area contributed by atoms with Crippen molar-refractivity contribution in [3.05, 3.63) is 30.2 Å². The van der Waals surface area contributed by atoms with E-state index in [1.54, 1.807) is 13.3 Å². The quantitative estimate of drug-likeness (QED) is 0.783. The van der Waals surface area contributed by atoms with Gasteiger partial charge in [0.25, 0.3) is 0 Å². The Morgan fingerprint density at radius 2 is 2.29 bits per heavy atom. The van der Waals surface area contributed by atoms with Crippen LogP contribution in [-0.2, 0) is 0 Å². The lowest BCUT2D eigenvalue weighted by Gasteiger charge is -2.04. The van der Waals surface area contributed by atoms with E-state index in [4.69, 9.17) is 4.74 Å². The fourth-order valence-corrected chi connectivity index (χ4v) is 1.27. The first-order valence-electron chi connectivity index (χ1n) is 4.32. The van der Waals surface area contributed by atoms with Crippen LogP contribution in [0.25, 0.3) is 11.4 Å². The second kappa shape index (κ2) is 3.49. The molecular formula is C10H11N3O. The highest BCUT2D eigenvalue weighted by Crippen LogP contribution is 2.23. The molecule has 0 atom stereocenters. The summed E-state index contributed by atoms with van der Waals surface area (Å²) in [5, 5.41) is 0. The highest BCUT2D eigenvalue weighted by molar-refractivity contribution is 5.60. The average molecular weight is 189 g/mol. The molecule has 0 saturated heterocycles. The Hall–Kier alpha value is -1.84. The molecule has 4 heteroatoms. The molecule has 0 aliphatic carbocycles. The van der Waals surface area contributed by atoms with E-state index in [1.165, 1.54) is 0 Å². The molecule has 1 N–H and O–H groups in total. The minimum atomic E-state index is 0.540. The number of aromatic nitrogens is 3. The van der Waals surface area contributed by atoms with Gasteiger partial charge in [0.2, 0.25) is 5.88 Å². The first-order chi connectivity index (χ1) is 6.81. The maximum Gasteiger partial charge on any atom is 0.241 e. The Bertz CT molecular complexity index is 423. The van der Waals surface area contributed by atoms with Gasteiger partial charge in [0.1, 0.15) is 5.69 Å². The van der Waals surface area contributed by atoms with Gasteiger partial charge in [-0.1, -0.05) is 0 Å². The van der Waals surface area contributed by atoms with Gasteiger partial charge in [0.15, 0.2) is 0 Å². The zero-order chi connectivity index (χ0) is 9.97. The number of aromatic amines is 1. The molecule has 4 nitrogen and oxygen atoms in total. The second-order valence-electron chi connectivity index (χ2n) is 2.95. The highest BCUT2D eigenvalue weighted by atomic mass is 16.5. The van der Waals surface area contributed by atoms with Crippen LogP contribution in [-0.4, -0.2) is 22.1 Å². The Balaban J connectivity index is 2.55. The first kappa shape index (κ1) is 8.74. The lowest BCUT2D eigenvalue weighted by atomic mass is 10.3. The molecular weight excluding hydrogens is 178 g/mol. The van der Waals surface area contributed by atoms with Crippen LogP contribution in [0.3, 0.4) is 0 Å². The standard InChI is InChI=1S/C10H11N3O/c1-7-6-12-10(14-2)9(13-7)8-4-3-5-11-8/h3-6,11H,1-2H3. The molecule has 72 valence electrons. The average Bonchev–Trinajstić information content (AvgIpc) is 2.70. The molecule has 2 rings (SSSR count). The SMILES string of the molecule is COc1ncc(C)nc1-c1ccc[nH]1. The molecule has 2 aromatic heterocycles. The van der Waals surface area contributed by atoms with E-state index in [0.717, 1.165) is 17.1 Å². The normalized spacial score (nSPS) is 10.1. The summed E-state index contributed by atoms with van der Waals surface area (Å²) in [6, 6.07) is 3.85.